The molecule has 2 N–H and O–H groups in total. The summed E-state index contributed by atoms with van der Waals surface area (Å²) in [7, 11) is 3.51. The summed E-state index contributed by atoms with van der Waals surface area (Å²) >= 11 is 0. The number of guanidine groups is 1. The van der Waals surface area contributed by atoms with Gasteiger partial charge in [-0.05, 0) is 43.7 Å². The molecule has 2 unspecified atom stereocenters. The molecule has 1 aliphatic rings. The first kappa shape index (κ1) is 18.3. The van der Waals surface area contributed by atoms with E-state index >= 15 is 0 Å². The summed E-state index contributed by atoms with van der Waals surface area (Å²) in [5, 5.41) is 6.92. The topological polar surface area (TPSA) is 56.7 Å². The molecule has 1 aromatic rings. The van der Waals surface area contributed by atoms with Crippen molar-refractivity contribution >= 4 is 11.9 Å². The van der Waals surface area contributed by atoms with E-state index in [1.54, 1.807) is 19.0 Å². The molecule has 5 nitrogen and oxygen atoms in total. The van der Waals surface area contributed by atoms with Crippen LogP contribution in [0.5, 0.6) is 0 Å². The van der Waals surface area contributed by atoms with Crippen LogP contribution in [0.2, 0.25) is 0 Å². The lowest BCUT2D eigenvalue weighted by Crippen LogP contribution is -2.48. The van der Waals surface area contributed by atoms with Gasteiger partial charge in [0.15, 0.2) is 5.96 Å². The number of likely N-dealkylation sites (N-methyl/N-ethyl adjacent to an activating group) is 1. The average Bonchev–Trinajstić information content (AvgIpc) is 2.58. The van der Waals surface area contributed by atoms with E-state index in [0.29, 0.717) is 12.1 Å². The highest BCUT2D eigenvalue weighted by atomic mass is 16.2. The Labute approximate surface area is 145 Å². The molecule has 0 aromatic heterocycles. The van der Waals surface area contributed by atoms with Gasteiger partial charge in [0.2, 0.25) is 5.91 Å². The van der Waals surface area contributed by atoms with Crippen molar-refractivity contribution in [1.29, 1.82) is 0 Å². The highest BCUT2D eigenvalue weighted by molar-refractivity contribution is 5.85. The molecule has 2 rings (SSSR count). The number of benzene rings is 1. The van der Waals surface area contributed by atoms with E-state index < -0.39 is 0 Å². The number of carbonyl (C=O) groups is 1. The van der Waals surface area contributed by atoms with Gasteiger partial charge in [0, 0.05) is 26.2 Å². The molecule has 0 spiro atoms. The average molecular weight is 330 g/mol. The van der Waals surface area contributed by atoms with Gasteiger partial charge in [-0.2, -0.15) is 0 Å². The predicted molar refractivity (Wildman–Crippen MR) is 99.3 cm³/mol. The molecular weight excluding hydrogens is 300 g/mol. The van der Waals surface area contributed by atoms with E-state index in [0.717, 1.165) is 31.6 Å². The number of nitrogens with zero attached hydrogens (tertiary/aromatic N) is 2. The van der Waals surface area contributed by atoms with E-state index in [-0.39, 0.29) is 12.5 Å². The highest BCUT2D eigenvalue weighted by Gasteiger charge is 2.19. The van der Waals surface area contributed by atoms with Crippen molar-refractivity contribution < 1.29 is 4.79 Å². The summed E-state index contributed by atoms with van der Waals surface area (Å²) in [4.78, 5) is 17.9. The van der Waals surface area contributed by atoms with Gasteiger partial charge in [-0.3, -0.25) is 4.79 Å². The Morgan fingerprint density at radius 2 is 2.04 bits per heavy atom. The second-order valence-electron chi connectivity index (χ2n) is 6.76. The summed E-state index contributed by atoms with van der Waals surface area (Å²) in [6, 6.07) is 9.30. The Kier molecular flexibility index (Phi) is 6.64. The summed E-state index contributed by atoms with van der Waals surface area (Å²) in [6.07, 6.45) is 4.18. The highest BCUT2D eigenvalue weighted by Crippen LogP contribution is 2.20. The lowest BCUT2D eigenvalue weighted by molar-refractivity contribution is -0.127. The molecule has 0 bridgehead atoms. The number of amides is 1. The van der Waals surface area contributed by atoms with Crippen LogP contribution in [0, 0.1) is 0 Å². The molecule has 2 atom stereocenters. The van der Waals surface area contributed by atoms with Crippen LogP contribution in [-0.2, 0) is 17.6 Å². The first-order chi connectivity index (χ1) is 11.5. The standard InChI is InChI=1S/C19H30N4O/c1-5-14(2)21-19(20-13-18(24)23(3)4)22-17-11-10-15-8-6-7-9-16(15)12-17/h6-9,14,17H,5,10-13H2,1-4H3,(H2,20,21,22). The maximum absolute atomic E-state index is 11.8. The molecule has 0 heterocycles. The Bertz CT molecular complexity index is 582. The van der Waals surface area contributed by atoms with Gasteiger partial charge in [-0.25, -0.2) is 4.99 Å². The maximum Gasteiger partial charge on any atom is 0.243 e. The van der Waals surface area contributed by atoms with Gasteiger partial charge in [-0.15, -0.1) is 0 Å². The molecular formula is C19H30N4O. The van der Waals surface area contributed by atoms with Crippen molar-refractivity contribution in [3.8, 4) is 0 Å². The van der Waals surface area contributed by atoms with Crippen LogP contribution in [0.3, 0.4) is 0 Å². The van der Waals surface area contributed by atoms with Gasteiger partial charge in [0.1, 0.15) is 6.54 Å². The molecule has 1 aromatic carbocycles. The quantitative estimate of drug-likeness (QED) is 0.641. The van der Waals surface area contributed by atoms with Crippen molar-refractivity contribution in [2.45, 2.75) is 51.6 Å². The predicted octanol–water partition coefficient (Wildman–Crippen LogP) is 1.97. The zero-order valence-electron chi connectivity index (χ0n) is 15.3. The van der Waals surface area contributed by atoms with Crippen molar-refractivity contribution in [2.24, 2.45) is 4.99 Å². The molecule has 132 valence electrons. The maximum atomic E-state index is 11.8. The summed E-state index contributed by atoms with van der Waals surface area (Å²) in [5.41, 5.74) is 2.86. The van der Waals surface area contributed by atoms with E-state index in [9.17, 15) is 4.79 Å². The molecule has 1 amide bonds. The van der Waals surface area contributed by atoms with E-state index in [4.69, 9.17) is 0 Å². The zero-order chi connectivity index (χ0) is 17.5. The van der Waals surface area contributed by atoms with Crippen LogP contribution in [0.15, 0.2) is 29.3 Å². The van der Waals surface area contributed by atoms with Crippen molar-refractivity contribution in [3.05, 3.63) is 35.4 Å². The smallest absolute Gasteiger partial charge is 0.243 e. The van der Waals surface area contributed by atoms with Crippen LogP contribution < -0.4 is 10.6 Å². The zero-order valence-corrected chi connectivity index (χ0v) is 15.3. The van der Waals surface area contributed by atoms with E-state index in [1.807, 2.05) is 0 Å². The number of aliphatic imine (C=N–C) groups is 1. The van der Waals surface area contributed by atoms with Gasteiger partial charge in [0.25, 0.3) is 0 Å². The minimum Gasteiger partial charge on any atom is -0.354 e. The molecule has 24 heavy (non-hydrogen) atoms. The van der Waals surface area contributed by atoms with Gasteiger partial charge in [-0.1, -0.05) is 31.2 Å². The van der Waals surface area contributed by atoms with Crippen LogP contribution in [-0.4, -0.2) is 49.5 Å². The van der Waals surface area contributed by atoms with Crippen molar-refractivity contribution in [1.82, 2.24) is 15.5 Å². The molecule has 1 aliphatic carbocycles. The number of hydrogen-bond acceptors (Lipinski definition) is 2. The lowest BCUT2D eigenvalue weighted by atomic mass is 9.88. The summed E-state index contributed by atoms with van der Waals surface area (Å²) < 4.78 is 0. The van der Waals surface area contributed by atoms with Gasteiger partial charge < -0.3 is 15.5 Å². The van der Waals surface area contributed by atoms with E-state index in [1.165, 1.54) is 11.1 Å². The third-order valence-corrected chi connectivity index (χ3v) is 4.55. The normalized spacial score (nSPS) is 18.5. The fourth-order valence-corrected chi connectivity index (χ4v) is 2.77. The van der Waals surface area contributed by atoms with Crippen LogP contribution in [0.25, 0.3) is 0 Å². The Hall–Kier alpha value is -2.04. The number of hydrogen-bond donors (Lipinski definition) is 2. The van der Waals surface area contributed by atoms with Gasteiger partial charge in [0.05, 0.1) is 0 Å². The minimum atomic E-state index is 0.00856. The first-order valence-corrected chi connectivity index (χ1v) is 8.84. The lowest BCUT2D eigenvalue weighted by Gasteiger charge is -2.28. The number of fused-ring (bicyclic) bond motifs is 1. The molecule has 0 aliphatic heterocycles. The molecule has 0 fully saturated rings. The first-order valence-electron chi connectivity index (χ1n) is 8.84. The monoisotopic (exact) mass is 330 g/mol. The second-order valence-corrected chi connectivity index (χ2v) is 6.76. The summed E-state index contributed by atoms with van der Waals surface area (Å²) in [6.45, 7) is 4.43. The van der Waals surface area contributed by atoms with Crippen LogP contribution in [0.1, 0.15) is 37.8 Å². The third kappa shape index (κ3) is 5.25. The van der Waals surface area contributed by atoms with Crippen LogP contribution >= 0.6 is 0 Å². The third-order valence-electron chi connectivity index (χ3n) is 4.55. The minimum absolute atomic E-state index is 0.00856. The largest absolute Gasteiger partial charge is 0.354 e. The molecule has 5 heteroatoms. The number of rotatable bonds is 5. The molecule has 0 radical (unpaired) electrons. The van der Waals surface area contributed by atoms with Crippen molar-refractivity contribution in [3.63, 3.8) is 0 Å². The van der Waals surface area contributed by atoms with Crippen LogP contribution in [0.4, 0.5) is 0 Å². The summed E-state index contributed by atoms with van der Waals surface area (Å²) in [5.74, 6) is 0.748. The Morgan fingerprint density at radius 1 is 1.33 bits per heavy atom. The number of carbonyl (C=O) groups excluding carboxylic acids is 1. The SMILES string of the molecule is CCC(C)NC(=NCC(=O)N(C)C)NC1CCc2ccccc2C1. The molecule has 0 saturated carbocycles. The fourth-order valence-electron chi connectivity index (χ4n) is 2.77. The number of nitrogens with one attached hydrogen (secondary N) is 2. The number of aryl methyl sites for hydroxylation is 1. The van der Waals surface area contributed by atoms with Crippen molar-refractivity contribution in [2.75, 3.05) is 20.6 Å². The Balaban J connectivity index is 2.02. The Morgan fingerprint density at radius 3 is 2.71 bits per heavy atom. The molecule has 0 saturated heterocycles. The van der Waals surface area contributed by atoms with Gasteiger partial charge >= 0.3 is 0 Å². The second kappa shape index (κ2) is 8.71. The van der Waals surface area contributed by atoms with E-state index in [2.05, 4.69) is 53.7 Å². The fraction of sp³-hybridized carbons (Fsp3) is 0.579.